The second-order valence-corrected chi connectivity index (χ2v) is 7.93. The number of esters is 1. The lowest BCUT2D eigenvalue weighted by atomic mass is 9.91. The van der Waals surface area contributed by atoms with Crippen LogP contribution >= 0.6 is 0 Å². The van der Waals surface area contributed by atoms with Crippen LogP contribution in [-0.2, 0) is 24.7 Å². The Morgan fingerprint density at radius 3 is 2.48 bits per heavy atom. The maximum atomic E-state index is 12.9. The Labute approximate surface area is 170 Å². The van der Waals surface area contributed by atoms with Crippen molar-refractivity contribution in [1.82, 2.24) is 15.5 Å². The van der Waals surface area contributed by atoms with Gasteiger partial charge in [0, 0.05) is 6.04 Å². The average molecular weight is 401 g/mol. The summed E-state index contributed by atoms with van der Waals surface area (Å²) in [4.78, 5) is 50.4. The van der Waals surface area contributed by atoms with E-state index in [0.717, 1.165) is 36.1 Å². The van der Waals surface area contributed by atoms with E-state index in [9.17, 15) is 19.2 Å². The molecule has 1 aromatic carbocycles. The van der Waals surface area contributed by atoms with Gasteiger partial charge in [-0.1, -0.05) is 42.7 Å². The van der Waals surface area contributed by atoms with Gasteiger partial charge in [-0.3, -0.25) is 19.3 Å². The molecular formula is C21H27N3O5. The van der Waals surface area contributed by atoms with Gasteiger partial charge in [0.15, 0.2) is 6.10 Å². The summed E-state index contributed by atoms with van der Waals surface area (Å²) in [7, 11) is 0. The van der Waals surface area contributed by atoms with Crippen LogP contribution in [0.1, 0.15) is 50.7 Å². The highest BCUT2D eigenvalue weighted by Gasteiger charge is 2.49. The number of nitrogens with zero attached hydrogens (tertiary/aromatic N) is 1. The Balaban J connectivity index is 1.59. The third-order valence-electron chi connectivity index (χ3n) is 5.57. The topological polar surface area (TPSA) is 105 Å². The minimum atomic E-state index is -1.25. The smallest absolute Gasteiger partial charge is 0.327 e. The zero-order valence-corrected chi connectivity index (χ0v) is 17.0. The number of nitrogens with one attached hydrogen (secondary N) is 2. The maximum Gasteiger partial charge on any atom is 0.327 e. The van der Waals surface area contributed by atoms with Crippen molar-refractivity contribution in [1.29, 1.82) is 0 Å². The van der Waals surface area contributed by atoms with Crippen LogP contribution in [0.3, 0.4) is 0 Å². The summed E-state index contributed by atoms with van der Waals surface area (Å²) in [5, 5.41) is 5.50. The zero-order chi connectivity index (χ0) is 21.2. The van der Waals surface area contributed by atoms with Crippen molar-refractivity contribution in [3.63, 3.8) is 0 Å². The van der Waals surface area contributed by atoms with Crippen LogP contribution < -0.4 is 10.6 Å². The number of ether oxygens (including phenoxy) is 1. The highest BCUT2D eigenvalue weighted by Crippen LogP contribution is 2.29. The molecular weight excluding hydrogens is 374 g/mol. The third-order valence-corrected chi connectivity index (χ3v) is 5.57. The standard InChI is InChI=1S/C21H27N3O5/c1-13-8-10-15(11-9-13)21(3)19(27)24(20(28)23-21)12-17(25)29-14(2)18(26)22-16-6-4-5-7-16/h8-11,14,16H,4-7,12H2,1-3H3,(H,22,26)(H,23,28)/t14-,21+/m1/s1. The molecule has 1 aliphatic carbocycles. The van der Waals surface area contributed by atoms with E-state index in [1.807, 2.05) is 19.1 Å². The normalized spacial score (nSPS) is 23.1. The van der Waals surface area contributed by atoms with Crippen molar-refractivity contribution in [2.45, 2.75) is 64.1 Å². The van der Waals surface area contributed by atoms with Crippen LogP contribution in [0.25, 0.3) is 0 Å². The molecule has 2 atom stereocenters. The van der Waals surface area contributed by atoms with E-state index in [1.54, 1.807) is 19.1 Å². The highest BCUT2D eigenvalue weighted by molar-refractivity contribution is 6.08. The molecule has 1 aliphatic heterocycles. The van der Waals surface area contributed by atoms with E-state index >= 15 is 0 Å². The maximum absolute atomic E-state index is 12.9. The molecule has 2 fully saturated rings. The minimum Gasteiger partial charge on any atom is -0.451 e. The van der Waals surface area contributed by atoms with Gasteiger partial charge < -0.3 is 15.4 Å². The van der Waals surface area contributed by atoms with Gasteiger partial charge in [-0.15, -0.1) is 0 Å². The second kappa shape index (κ2) is 8.23. The SMILES string of the molecule is Cc1ccc([C@]2(C)NC(=O)N(CC(=O)O[C@H](C)C(=O)NC3CCCC3)C2=O)cc1. The number of rotatable bonds is 6. The van der Waals surface area contributed by atoms with Crippen molar-refractivity contribution in [2.24, 2.45) is 0 Å². The number of carbonyl (C=O) groups excluding carboxylic acids is 4. The van der Waals surface area contributed by atoms with Crippen molar-refractivity contribution in [3.8, 4) is 0 Å². The van der Waals surface area contributed by atoms with E-state index in [1.165, 1.54) is 6.92 Å². The molecule has 156 valence electrons. The van der Waals surface area contributed by atoms with E-state index in [-0.39, 0.29) is 11.9 Å². The van der Waals surface area contributed by atoms with Gasteiger partial charge >= 0.3 is 12.0 Å². The minimum absolute atomic E-state index is 0.116. The van der Waals surface area contributed by atoms with Crippen LogP contribution in [0, 0.1) is 6.92 Å². The van der Waals surface area contributed by atoms with E-state index < -0.39 is 36.1 Å². The van der Waals surface area contributed by atoms with Crippen molar-refractivity contribution < 1.29 is 23.9 Å². The van der Waals surface area contributed by atoms with Gasteiger partial charge in [0.25, 0.3) is 11.8 Å². The van der Waals surface area contributed by atoms with E-state index in [2.05, 4.69) is 10.6 Å². The first-order chi connectivity index (χ1) is 13.7. The molecule has 29 heavy (non-hydrogen) atoms. The predicted octanol–water partition coefficient (Wildman–Crippen LogP) is 1.75. The highest BCUT2D eigenvalue weighted by atomic mass is 16.5. The van der Waals surface area contributed by atoms with Gasteiger partial charge in [-0.05, 0) is 39.2 Å². The molecule has 1 saturated carbocycles. The average Bonchev–Trinajstić information content (AvgIpc) is 3.25. The Hall–Kier alpha value is -2.90. The molecule has 0 bridgehead atoms. The Morgan fingerprint density at radius 2 is 1.86 bits per heavy atom. The summed E-state index contributed by atoms with van der Waals surface area (Å²) < 4.78 is 5.15. The molecule has 8 heteroatoms. The first kappa shape index (κ1) is 20.8. The van der Waals surface area contributed by atoms with Gasteiger partial charge in [0.05, 0.1) is 0 Å². The molecule has 3 rings (SSSR count). The van der Waals surface area contributed by atoms with Crippen LogP contribution in [-0.4, -0.2) is 47.4 Å². The number of imide groups is 1. The lowest BCUT2D eigenvalue weighted by Crippen LogP contribution is -2.44. The van der Waals surface area contributed by atoms with E-state index in [4.69, 9.17) is 4.74 Å². The lowest BCUT2D eigenvalue weighted by molar-refractivity contribution is -0.156. The number of urea groups is 1. The zero-order valence-electron chi connectivity index (χ0n) is 17.0. The lowest BCUT2D eigenvalue weighted by Gasteiger charge is -2.22. The summed E-state index contributed by atoms with van der Waals surface area (Å²) in [6.45, 7) is 4.45. The number of aryl methyl sites for hydroxylation is 1. The Morgan fingerprint density at radius 1 is 1.24 bits per heavy atom. The number of amides is 4. The van der Waals surface area contributed by atoms with Crippen LogP contribution in [0.5, 0.6) is 0 Å². The molecule has 1 aromatic rings. The molecule has 2 aliphatic rings. The first-order valence-corrected chi connectivity index (χ1v) is 9.92. The molecule has 1 heterocycles. The molecule has 1 saturated heterocycles. The van der Waals surface area contributed by atoms with Gasteiger partial charge in [-0.2, -0.15) is 0 Å². The summed E-state index contributed by atoms with van der Waals surface area (Å²) in [5.74, 6) is -1.71. The second-order valence-electron chi connectivity index (χ2n) is 7.93. The van der Waals surface area contributed by atoms with Gasteiger partial charge in [0.2, 0.25) is 0 Å². The quantitative estimate of drug-likeness (QED) is 0.558. The van der Waals surface area contributed by atoms with Crippen molar-refractivity contribution >= 4 is 23.8 Å². The van der Waals surface area contributed by atoms with Crippen molar-refractivity contribution in [3.05, 3.63) is 35.4 Å². The summed E-state index contributed by atoms with van der Waals surface area (Å²) >= 11 is 0. The molecule has 0 unspecified atom stereocenters. The Bertz CT molecular complexity index is 816. The molecule has 0 spiro atoms. The van der Waals surface area contributed by atoms with E-state index in [0.29, 0.717) is 5.56 Å². The monoisotopic (exact) mass is 401 g/mol. The predicted molar refractivity (Wildman–Crippen MR) is 105 cm³/mol. The van der Waals surface area contributed by atoms with Gasteiger partial charge in [-0.25, -0.2) is 4.79 Å². The van der Waals surface area contributed by atoms with Crippen LogP contribution in [0.2, 0.25) is 0 Å². The fourth-order valence-electron chi connectivity index (χ4n) is 3.73. The summed E-state index contributed by atoms with van der Waals surface area (Å²) in [5.41, 5.74) is 0.400. The molecule has 2 N–H and O–H groups in total. The largest absolute Gasteiger partial charge is 0.451 e. The fourth-order valence-corrected chi connectivity index (χ4v) is 3.73. The van der Waals surface area contributed by atoms with Crippen molar-refractivity contribution in [2.75, 3.05) is 6.54 Å². The fraction of sp³-hybridized carbons (Fsp3) is 0.524. The summed E-state index contributed by atoms with van der Waals surface area (Å²) in [6.07, 6.45) is 3.00. The Kier molecular flexibility index (Phi) is 5.91. The van der Waals surface area contributed by atoms with Crippen LogP contribution in [0.15, 0.2) is 24.3 Å². The molecule has 0 radical (unpaired) electrons. The molecule has 8 nitrogen and oxygen atoms in total. The number of benzene rings is 1. The number of carbonyl (C=O) groups is 4. The summed E-state index contributed by atoms with van der Waals surface area (Å²) in [6, 6.07) is 6.68. The molecule has 0 aromatic heterocycles. The number of hydrogen-bond acceptors (Lipinski definition) is 5. The third kappa shape index (κ3) is 4.41. The first-order valence-electron chi connectivity index (χ1n) is 9.92. The van der Waals surface area contributed by atoms with Crippen LogP contribution in [0.4, 0.5) is 4.79 Å². The number of hydrogen-bond donors (Lipinski definition) is 2. The van der Waals surface area contributed by atoms with Gasteiger partial charge in [0.1, 0.15) is 12.1 Å². The molecule has 4 amide bonds.